The van der Waals surface area contributed by atoms with E-state index >= 15 is 0 Å². The molecule has 2 aromatic rings. The Kier molecular flexibility index (Phi) is 3.90. The fraction of sp³-hybridized carbons (Fsp3) is 0.0667. The lowest BCUT2D eigenvalue weighted by molar-refractivity contribution is 0.600. The van der Waals surface area contributed by atoms with Gasteiger partial charge < -0.3 is 0 Å². The van der Waals surface area contributed by atoms with Crippen LogP contribution in [0.4, 0.5) is 10.1 Å². The van der Waals surface area contributed by atoms with E-state index in [-0.39, 0.29) is 4.90 Å². The Hall–Kier alpha value is -2.14. The van der Waals surface area contributed by atoms with Crippen LogP contribution in [0.25, 0.3) is 5.57 Å². The van der Waals surface area contributed by atoms with Gasteiger partial charge in [-0.15, -0.1) is 0 Å². The van der Waals surface area contributed by atoms with Crippen LogP contribution >= 0.6 is 0 Å². The SMILES string of the molecule is C=C(C)c1ccccc1S(=O)(=O)Nc1ccc(F)cc1. The molecular formula is C15H14FNO2S. The first-order chi connectivity index (χ1) is 9.40. The summed E-state index contributed by atoms with van der Waals surface area (Å²) in [5.74, 6) is -0.421. The van der Waals surface area contributed by atoms with E-state index in [2.05, 4.69) is 11.3 Å². The van der Waals surface area contributed by atoms with Gasteiger partial charge in [-0.1, -0.05) is 24.8 Å². The van der Waals surface area contributed by atoms with E-state index in [1.807, 2.05) is 0 Å². The van der Waals surface area contributed by atoms with Crippen molar-refractivity contribution in [1.82, 2.24) is 0 Å². The summed E-state index contributed by atoms with van der Waals surface area (Å²) in [5.41, 5.74) is 1.52. The maximum absolute atomic E-state index is 12.8. The van der Waals surface area contributed by atoms with Gasteiger partial charge in [0.1, 0.15) is 5.82 Å². The van der Waals surface area contributed by atoms with Crippen LogP contribution < -0.4 is 4.72 Å². The van der Waals surface area contributed by atoms with E-state index in [0.29, 0.717) is 16.8 Å². The Morgan fingerprint density at radius 1 is 1.10 bits per heavy atom. The molecule has 0 aliphatic rings. The van der Waals surface area contributed by atoms with Crippen molar-refractivity contribution in [1.29, 1.82) is 0 Å². The van der Waals surface area contributed by atoms with E-state index in [1.54, 1.807) is 25.1 Å². The molecule has 0 aliphatic heterocycles. The number of rotatable bonds is 4. The monoisotopic (exact) mass is 291 g/mol. The average Bonchev–Trinajstić information content (AvgIpc) is 2.41. The number of benzene rings is 2. The molecule has 0 aliphatic carbocycles. The second-order valence-electron chi connectivity index (χ2n) is 4.39. The van der Waals surface area contributed by atoms with Crippen molar-refractivity contribution in [2.75, 3.05) is 4.72 Å². The average molecular weight is 291 g/mol. The lowest BCUT2D eigenvalue weighted by atomic mass is 10.1. The van der Waals surface area contributed by atoms with Crippen molar-refractivity contribution < 1.29 is 12.8 Å². The molecule has 0 bridgehead atoms. The van der Waals surface area contributed by atoms with Crippen molar-refractivity contribution in [2.24, 2.45) is 0 Å². The van der Waals surface area contributed by atoms with Gasteiger partial charge in [-0.2, -0.15) is 0 Å². The van der Waals surface area contributed by atoms with Gasteiger partial charge in [0.15, 0.2) is 0 Å². The predicted octanol–water partition coefficient (Wildman–Crippen LogP) is 3.66. The van der Waals surface area contributed by atoms with Gasteiger partial charge in [0.05, 0.1) is 4.90 Å². The summed E-state index contributed by atoms with van der Waals surface area (Å²) in [6.45, 7) is 5.52. The molecule has 0 spiro atoms. The van der Waals surface area contributed by atoms with Crippen LogP contribution in [0.5, 0.6) is 0 Å². The molecule has 20 heavy (non-hydrogen) atoms. The fourth-order valence-electron chi connectivity index (χ4n) is 1.78. The van der Waals surface area contributed by atoms with Crippen molar-refractivity contribution >= 4 is 21.3 Å². The molecule has 2 rings (SSSR count). The molecule has 0 aromatic heterocycles. The smallest absolute Gasteiger partial charge is 0.262 e. The lowest BCUT2D eigenvalue weighted by Crippen LogP contribution is -2.14. The number of hydrogen-bond donors (Lipinski definition) is 1. The number of hydrogen-bond acceptors (Lipinski definition) is 2. The topological polar surface area (TPSA) is 46.2 Å². The molecule has 0 heterocycles. The molecular weight excluding hydrogens is 277 g/mol. The van der Waals surface area contributed by atoms with Crippen LogP contribution in [-0.4, -0.2) is 8.42 Å². The van der Waals surface area contributed by atoms with Crippen LogP contribution in [-0.2, 0) is 10.0 Å². The summed E-state index contributed by atoms with van der Waals surface area (Å²) in [5, 5.41) is 0. The number of anilines is 1. The first kappa shape index (κ1) is 14.3. The number of sulfonamides is 1. The third-order valence-corrected chi connectivity index (χ3v) is 4.17. The number of halogens is 1. The van der Waals surface area contributed by atoms with Gasteiger partial charge in [0, 0.05) is 5.69 Å². The van der Waals surface area contributed by atoms with Gasteiger partial charge in [-0.25, -0.2) is 12.8 Å². The number of allylic oxidation sites excluding steroid dienone is 1. The standard InChI is InChI=1S/C15H14FNO2S/c1-11(2)14-5-3-4-6-15(14)20(18,19)17-13-9-7-12(16)8-10-13/h3-10,17H,1H2,2H3. The molecule has 1 N–H and O–H groups in total. The zero-order chi connectivity index (χ0) is 14.8. The summed E-state index contributed by atoms with van der Waals surface area (Å²) in [6, 6.07) is 11.7. The third-order valence-electron chi connectivity index (χ3n) is 2.73. The predicted molar refractivity (Wildman–Crippen MR) is 78.4 cm³/mol. The maximum Gasteiger partial charge on any atom is 0.262 e. The number of nitrogens with one attached hydrogen (secondary N) is 1. The molecule has 104 valence electrons. The van der Waals surface area contributed by atoms with Crippen LogP contribution in [0.2, 0.25) is 0 Å². The minimum atomic E-state index is -3.74. The minimum absolute atomic E-state index is 0.150. The largest absolute Gasteiger partial charge is 0.280 e. The van der Waals surface area contributed by atoms with Crippen LogP contribution in [0.3, 0.4) is 0 Å². The molecule has 0 atom stereocenters. The summed E-state index contributed by atoms with van der Waals surface area (Å²) >= 11 is 0. The zero-order valence-electron chi connectivity index (χ0n) is 10.9. The summed E-state index contributed by atoms with van der Waals surface area (Å²) in [7, 11) is -3.74. The van der Waals surface area contributed by atoms with Gasteiger partial charge in [-0.3, -0.25) is 4.72 Å². The Morgan fingerprint density at radius 3 is 2.30 bits per heavy atom. The third kappa shape index (κ3) is 3.05. The highest BCUT2D eigenvalue weighted by Crippen LogP contribution is 2.24. The Labute approximate surface area is 117 Å². The first-order valence-electron chi connectivity index (χ1n) is 5.93. The highest BCUT2D eigenvalue weighted by atomic mass is 32.2. The molecule has 0 unspecified atom stereocenters. The molecule has 0 fully saturated rings. The molecule has 3 nitrogen and oxygen atoms in total. The fourth-order valence-corrected chi connectivity index (χ4v) is 3.13. The quantitative estimate of drug-likeness (QED) is 0.934. The van der Waals surface area contributed by atoms with Gasteiger partial charge in [-0.05, 0) is 48.4 Å². The first-order valence-corrected chi connectivity index (χ1v) is 7.42. The van der Waals surface area contributed by atoms with Crippen molar-refractivity contribution in [3.8, 4) is 0 Å². The van der Waals surface area contributed by atoms with Crippen LogP contribution in [0.15, 0.2) is 60.0 Å². The Bertz CT molecular complexity index is 737. The Balaban J connectivity index is 2.41. The van der Waals surface area contributed by atoms with Crippen LogP contribution in [0, 0.1) is 5.82 Å². The summed E-state index contributed by atoms with van der Waals surface area (Å²) in [6.07, 6.45) is 0. The van der Waals surface area contributed by atoms with Crippen LogP contribution in [0.1, 0.15) is 12.5 Å². The zero-order valence-corrected chi connectivity index (χ0v) is 11.7. The normalized spacial score (nSPS) is 11.1. The second kappa shape index (κ2) is 5.46. The Morgan fingerprint density at radius 2 is 1.70 bits per heavy atom. The van der Waals surface area contributed by atoms with Gasteiger partial charge in [0.25, 0.3) is 10.0 Å². The summed E-state index contributed by atoms with van der Waals surface area (Å²) in [4.78, 5) is 0.150. The van der Waals surface area contributed by atoms with E-state index in [4.69, 9.17) is 0 Å². The second-order valence-corrected chi connectivity index (χ2v) is 6.04. The summed E-state index contributed by atoms with van der Waals surface area (Å²) < 4.78 is 40.0. The molecule has 5 heteroatoms. The van der Waals surface area contributed by atoms with Crippen molar-refractivity contribution in [2.45, 2.75) is 11.8 Å². The molecule has 2 aromatic carbocycles. The minimum Gasteiger partial charge on any atom is -0.280 e. The van der Waals surface area contributed by atoms with Crippen molar-refractivity contribution in [3.63, 3.8) is 0 Å². The van der Waals surface area contributed by atoms with E-state index in [0.717, 1.165) is 0 Å². The van der Waals surface area contributed by atoms with Crippen molar-refractivity contribution in [3.05, 3.63) is 66.5 Å². The van der Waals surface area contributed by atoms with Gasteiger partial charge >= 0.3 is 0 Å². The van der Waals surface area contributed by atoms with E-state index in [9.17, 15) is 12.8 Å². The van der Waals surface area contributed by atoms with E-state index < -0.39 is 15.8 Å². The molecule has 0 amide bonds. The molecule has 0 radical (unpaired) electrons. The molecule has 0 saturated heterocycles. The lowest BCUT2D eigenvalue weighted by Gasteiger charge is -2.12. The highest BCUT2D eigenvalue weighted by Gasteiger charge is 2.18. The van der Waals surface area contributed by atoms with Gasteiger partial charge in [0.2, 0.25) is 0 Å². The molecule has 0 saturated carbocycles. The van der Waals surface area contributed by atoms with E-state index in [1.165, 1.54) is 30.3 Å². The highest BCUT2D eigenvalue weighted by molar-refractivity contribution is 7.92. The maximum atomic E-state index is 12.8.